The molecule has 2 aromatic rings. The van der Waals surface area contributed by atoms with Crippen LogP contribution in [0.3, 0.4) is 0 Å². The molecular formula is C14H14ClNO3. The van der Waals surface area contributed by atoms with Gasteiger partial charge >= 0.3 is 0 Å². The summed E-state index contributed by atoms with van der Waals surface area (Å²) in [7, 11) is 1.88. The van der Waals surface area contributed by atoms with Crippen LogP contribution >= 0.6 is 11.6 Å². The summed E-state index contributed by atoms with van der Waals surface area (Å²) < 4.78 is 16.2. The van der Waals surface area contributed by atoms with Gasteiger partial charge in [-0.25, -0.2) is 0 Å². The van der Waals surface area contributed by atoms with Crippen LogP contribution in [-0.2, 0) is 0 Å². The minimum atomic E-state index is -0.0397. The zero-order valence-electron chi connectivity index (χ0n) is 10.5. The van der Waals surface area contributed by atoms with Gasteiger partial charge in [0.2, 0.25) is 0 Å². The highest BCUT2D eigenvalue weighted by Crippen LogP contribution is 2.39. The number of furan rings is 1. The van der Waals surface area contributed by atoms with E-state index in [0.29, 0.717) is 24.0 Å². The van der Waals surface area contributed by atoms with Crippen LogP contribution in [0.1, 0.15) is 17.2 Å². The Kier molecular flexibility index (Phi) is 3.36. The van der Waals surface area contributed by atoms with E-state index in [1.54, 1.807) is 18.6 Å². The van der Waals surface area contributed by atoms with Crippen LogP contribution in [0.4, 0.5) is 0 Å². The molecule has 1 aliphatic rings. The summed E-state index contributed by atoms with van der Waals surface area (Å²) in [5.41, 5.74) is 1.95. The molecule has 0 saturated heterocycles. The Bertz CT molecular complexity index is 568. The van der Waals surface area contributed by atoms with Gasteiger partial charge in [0.1, 0.15) is 13.2 Å². The van der Waals surface area contributed by atoms with Crippen molar-refractivity contribution in [2.24, 2.45) is 0 Å². The maximum absolute atomic E-state index is 6.35. The summed E-state index contributed by atoms with van der Waals surface area (Å²) in [5.74, 6) is 1.43. The zero-order chi connectivity index (χ0) is 13.2. The smallest absolute Gasteiger partial charge is 0.162 e. The molecule has 1 aromatic heterocycles. The van der Waals surface area contributed by atoms with Crippen LogP contribution in [0.25, 0.3) is 0 Å². The number of hydrogen-bond donors (Lipinski definition) is 1. The number of halogens is 1. The SMILES string of the molecule is CNC(c1ccoc1)c1cc2c(cc1Cl)OCCO2. The molecule has 4 nitrogen and oxygen atoms in total. The molecule has 0 spiro atoms. The van der Waals surface area contributed by atoms with E-state index in [0.717, 1.165) is 16.9 Å². The molecule has 0 saturated carbocycles. The monoisotopic (exact) mass is 279 g/mol. The highest BCUT2D eigenvalue weighted by Gasteiger charge is 2.21. The van der Waals surface area contributed by atoms with E-state index in [2.05, 4.69) is 5.32 Å². The first-order valence-electron chi connectivity index (χ1n) is 6.08. The summed E-state index contributed by atoms with van der Waals surface area (Å²) in [4.78, 5) is 0. The number of fused-ring (bicyclic) bond motifs is 1. The predicted octanol–water partition coefficient (Wildman–Crippen LogP) is 3.01. The van der Waals surface area contributed by atoms with Crippen molar-refractivity contribution in [1.29, 1.82) is 0 Å². The topological polar surface area (TPSA) is 43.6 Å². The van der Waals surface area contributed by atoms with Crippen LogP contribution in [0.15, 0.2) is 35.1 Å². The molecule has 0 fully saturated rings. The Morgan fingerprint density at radius 2 is 1.95 bits per heavy atom. The van der Waals surface area contributed by atoms with Crippen molar-refractivity contribution in [3.05, 3.63) is 46.9 Å². The number of hydrogen-bond acceptors (Lipinski definition) is 4. The number of benzene rings is 1. The lowest BCUT2D eigenvalue weighted by molar-refractivity contribution is 0.171. The number of nitrogens with one attached hydrogen (secondary N) is 1. The predicted molar refractivity (Wildman–Crippen MR) is 72.1 cm³/mol. The molecule has 2 heterocycles. The molecule has 1 unspecified atom stereocenters. The van der Waals surface area contributed by atoms with Gasteiger partial charge < -0.3 is 19.2 Å². The Morgan fingerprint density at radius 1 is 1.21 bits per heavy atom. The maximum atomic E-state index is 6.35. The molecule has 0 radical (unpaired) electrons. The largest absolute Gasteiger partial charge is 0.486 e. The first-order valence-corrected chi connectivity index (χ1v) is 6.46. The van der Waals surface area contributed by atoms with Gasteiger partial charge in [0, 0.05) is 16.7 Å². The highest BCUT2D eigenvalue weighted by molar-refractivity contribution is 6.31. The summed E-state index contributed by atoms with van der Waals surface area (Å²) in [6.07, 6.45) is 3.35. The first kappa shape index (κ1) is 12.4. The van der Waals surface area contributed by atoms with Gasteiger partial charge in [-0.3, -0.25) is 0 Å². The van der Waals surface area contributed by atoms with E-state index >= 15 is 0 Å². The summed E-state index contributed by atoms with van der Waals surface area (Å²) in [6, 6.07) is 5.59. The molecule has 1 atom stereocenters. The normalized spacial score (nSPS) is 15.3. The second kappa shape index (κ2) is 5.15. The first-order chi connectivity index (χ1) is 9.29. The highest BCUT2D eigenvalue weighted by atomic mass is 35.5. The molecule has 100 valence electrons. The van der Waals surface area contributed by atoms with Gasteiger partial charge in [0.05, 0.1) is 18.6 Å². The zero-order valence-corrected chi connectivity index (χ0v) is 11.2. The standard InChI is InChI=1S/C14H14ClNO3/c1-16-14(9-2-3-17-8-9)10-6-12-13(7-11(10)15)19-5-4-18-12/h2-3,6-8,14,16H,4-5H2,1H3. The molecule has 0 amide bonds. The quantitative estimate of drug-likeness (QED) is 0.938. The van der Waals surface area contributed by atoms with Gasteiger partial charge in [-0.05, 0) is 24.7 Å². The summed E-state index contributed by atoms with van der Waals surface area (Å²) in [5, 5.41) is 3.87. The Labute approximate surface area is 116 Å². The fourth-order valence-corrected chi connectivity index (χ4v) is 2.50. The lowest BCUT2D eigenvalue weighted by atomic mass is 10.0. The van der Waals surface area contributed by atoms with Crippen molar-refractivity contribution in [3.63, 3.8) is 0 Å². The van der Waals surface area contributed by atoms with Crippen LogP contribution in [-0.4, -0.2) is 20.3 Å². The third kappa shape index (κ3) is 2.29. The fourth-order valence-electron chi connectivity index (χ4n) is 2.24. The van der Waals surface area contributed by atoms with Crippen molar-refractivity contribution in [2.45, 2.75) is 6.04 Å². The van der Waals surface area contributed by atoms with Crippen LogP contribution in [0.2, 0.25) is 5.02 Å². The summed E-state index contributed by atoms with van der Waals surface area (Å²) >= 11 is 6.35. The van der Waals surface area contributed by atoms with Gasteiger partial charge in [-0.1, -0.05) is 11.6 Å². The lowest BCUT2D eigenvalue weighted by Gasteiger charge is -2.22. The van der Waals surface area contributed by atoms with E-state index in [1.165, 1.54) is 0 Å². The lowest BCUT2D eigenvalue weighted by Crippen LogP contribution is -2.19. The van der Waals surface area contributed by atoms with E-state index < -0.39 is 0 Å². The second-order valence-electron chi connectivity index (χ2n) is 4.30. The second-order valence-corrected chi connectivity index (χ2v) is 4.70. The van der Waals surface area contributed by atoms with Gasteiger partial charge in [0.25, 0.3) is 0 Å². The Morgan fingerprint density at radius 3 is 2.58 bits per heavy atom. The third-order valence-corrected chi connectivity index (χ3v) is 3.47. The minimum absolute atomic E-state index is 0.0397. The molecular weight excluding hydrogens is 266 g/mol. The van der Waals surface area contributed by atoms with Crippen molar-refractivity contribution < 1.29 is 13.9 Å². The average Bonchev–Trinajstić information content (AvgIpc) is 2.94. The van der Waals surface area contributed by atoms with E-state index in [4.69, 9.17) is 25.5 Å². The van der Waals surface area contributed by atoms with Crippen LogP contribution in [0.5, 0.6) is 11.5 Å². The van der Waals surface area contributed by atoms with Gasteiger partial charge in [0.15, 0.2) is 11.5 Å². The molecule has 19 heavy (non-hydrogen) atoms. The number of ether oxygens (including phenoxy) is 2. The van der Waals surface area contributed by atoms with Crippen molar-refractivity contribution in [1.82, 2.24) is 5.32 Å². The third-order valence-electron chi connectivity index (χ3n) is 3.14. The van der Waals surface area contributed by atoms with Crippen molar-refractivity contribution in [3.8, 4) is 11.5 Å². The molecule has 5 heteroatoms. The molecule has 3 rings (SSSR count). The molecule has 1 aliphatic heterocycles. The van der Waals surface area contributed by atoms with Crippen LogP contribution < -0.4 is 14.8 Å². The van der Waals surface area contributed by atoms with Crippen LogP contribution in [0, 0.1) is 0 Å². The van der Waals surface area contributed by atoms with Crippen molar-refractivity contribution in [2.75, 3.05) is 20.3 Å². The Balaban J connectivity index is 2.04. The average molecular weight is 280 g/mol. The van der Waals surface area contributed by atoms with E-state index in [9.17, 15) is 0 Å². The number of rotatable bonds is 3. The Hall–Kier alpha value is -1.65. The molecule has 0 aliphatic carbocycles. The van der Waals surface area contributed by atoms with Gasteiger partial charge in [-0.2, -0.15) is 0 Å². The van der Waals surface area contributed by atoms with E-state index in [1.807, 2.05) is 19.2 Å². The fraction of sp³-hybridized carbons (Fsp3) is 0.286. The molecule has 1 N–H and O–H groups in total. The minimum Gasteiger partial charge on any atom is -0.486 e. The van der Waals surface area contributed by atoms with Gasteiger partial charge in [-0.15, -0.1) is 0 Å². The van der Waals surface area contributed by atoms with Crippen molar-refractivity contribution >= 4 is 11.6 Å². The van der Waals surface area contributed by atoms with E-state index in [-0.39, 0.29) is 6.04 Å². The summed E-state index contributed by atoms with van der Waals surface area (Å²) in [6.45, 7) is 1.11. The molecule has 1 aromatic carbocycles. The molecule has 0 bridgehead atoms. The maximum Gasteiger partial charge on any atom is 0.162 e.